The molecule has 0 aliphatic heterocycles. The van der Waals surface area contributed by atoms with Crippen molar-refractivity contribution in [2.45, 2.75) is 343 Å². The van der Waals surface area contributed by atoms with Crippen LogP contribution >= 0.6 is 0 Å². The Kier molecular flexibility index (Phi) is 51.5. The van der Waals surface area contributed by atoms with Crippen molar-refractivity contribution >= 4 is 17.9 Å². The number of carbonyl (C=O) groups excluding carboxylic acids is 3. The quantitative estimate of drug-likeness (QED) is 0.0343. The summed E-state index contributed by atoms with van der Waals surface area (Å²) < 4.78 is 16.9. The second kappa shape index (κ2) is 52.8. The minimum absolute atomic E-state index is 0.0624. The summed E-state index contributed by atoms with van der Waals surface area (Å²) in [5.74, 6) is 0.861. The first kappa shape index (κ1) is 64.4. The highest BCUT2D eigenvalue weighted by atomic mass is 16.6. The van der Waals surface area contributed by atoms with E-state index in [9.17, 15) is 14.4 Å². The average molecular weight is 934 g/mol. The molecule has 0 bridgehead atoms. The number of hydrogen-bond acceptors (Lipinski definition) is 6. The molecule has 0 aliphatic carbocycles. The summed E-state index contributed by atoms with van der Waals surface area (Å²) in [5, 5.41) is 0. The Morgan fingerprint density at radius 2 is 0.500 bits per heavy atom. The largest absolute Gasteiger partial charge is 0.462 e. The number of esters is 3. The second-order valence-corrected chi connectivity index (χ2v) is 21.6. The lowest BCUT2D eigenvalue weighted by Crippen LogP contribution is -2.30. The van der Waals surface area contributed by atoms with Gasteiger partial charge >= 0.3 is 17.9 Å². The van der Waals surface area contributed by atoms with Crippen LogP contribution in [0.2, 0.25) is 0 Å². The molecule has 0 aromatic rings. The summed E-state index contributed by atoms with van der Waals surface area (Å²) in [6.07, 6.45) is 56.7. The fourth-order valence-electron chi connectivity index (χ4n) is 9.23. The van der Waals surface area contributed by atoms with E-state index in [1.807, 2.05) is 0 Å². The molecule has 0 aromatic heterocycles. The van der Waals surface area contributed by atoms with Gasteiger partial charge in [-0.25, -0.2) is 0 Å². The van der Waals surface area contributed by atoms with E-state index in [4.69, 9.17) is 14.2 Å². The topological polar surface area (TPSA) is 78.9 Å². The van der Waals surface area contributed by atoms with Crippen LogP contribution in [0.3, 0.4) is 0 Å². The number of rotatable bonds is 54. The molecule has 6 nitrogen and oxygen atoms in total. The molecule has 0 radical (unpaired) electrons. The van der Waals surface area contributed by atoms with Crippen LogP contribution in [0, 0.1) is 11.8 Å². The third-order valence-electron chi connectivity index (χ3n) is 13.7. The molecule has 6 heteroatoms. The van der Waals surface area contributed by atoms with Crippen LogP contribution in [-0.4, -0.2) is 37.2 Å². The second-order valence-electron chi connectivity index (χ2n) is 21.6. The summed E-state index contributed by atoms with van der Waals surface area (Å²) in [5.41, 5.74) is 0. The van der Waals surface area contributed by atoms with E-state index >= 15 is 0 Å². The highest BCUT2D eigenvalue weighted by molar-refractivity contribution is 5.71. The summed E-state index contributed by atoms with van der Waals surface area (Å²) in [7, 11) is 0. The van der Waals surface area contributed by atoms with Gasteiger partial charge in [0.05, 0.1) is 0 Å². The van der Waals surface area contributed by atoms with Gasteiger partial charge in [0.2, 0.25) is 0 Å². The van der Waals surface area contributed by atoms with Crippen LogP contribution in [0.5, 0.6) is 0 Å². The highest BCUT2D eigenvalue weighted by Gasteiger charge is 2.19. The van der Waals surface area contributed by atoms with E-state index in [1.165, 1.54) is 225 Å². The maximum Gasteiger partial charge on any atom is 0.306 e. The molecule has 0 fully saturated rings. The Bertz CT molecular complexity index is 1010. The first-order chi connectivity index (χ1) is 32.2. The van der Waals surface area contributed by atoms with Crippen LogP contribution in [-0.2, 0) is 28.6 Å². The standard InChI is InChI=1S/C60H116O6/c1-6-7-8-9-10-11-23-32-37-42-47-52-60(63)66-57(54-65-59(62)51-46-41-36-31-27-22-18-20-25-29-34-39-44-49-56(4)5)53-64-58(61)50-45-40-35-30-26-21-17-15-13-12-14-16-19-24-28-33-38-43-48-55(2)3/h55-57H,6-54H2,1-5H3/t57-/m0/s1. The average Bonchev–Trinajstić information content (AvgIpc) is 3.29. The molecular formula is C60H116O6. The van der Waals surface area contributed by atoms with E-state index < -0.39 is 6.10 Å². The van der Waals surface area contributed by atoms with Gasteiger partial charge in [-0.1, -0.05) is 298 Å². The smallest absolute Gasteiger partial charge is 0.306 e. The van der Waals surface area contributed by atoms with Gasteiger partial charge in [0.15, 0.2) is 6.10 Å². The van der Waals surface area contributed by atoms with Gasteiger partial charge in [-0.05, 0) is 31.1 Å². The van der Waals surface area contributed by atoms with Gasteiger partial charge in [0, 0.05) is 19.3 Å². The number of ether oxygens (including phenoxy) is 3. The molecule has 66 heavy (non-hydrogen) atoms. The zero-order valence-electron chi connectivity index (χ0n) is 45.3. The number of unbranched alkanes of at least 4 members (excludes halogenated alkanes) is 39. The molecule has 0 spiro atoms. The molecule has 0 saturated heterocycles. The molecule has 0 aromatic carbocycles. The van der Waals surface area contributed by atoms with E-state index in [-0.39, 0.29) is 31.1 Å². The van der Waals surface area contributed by atoms with Crippen molar-refractivity contribution in [3.05, 3.63) is 0 Å². The summed E-state index contributed by atoms with van der Waals surface area (Å²) >= 11 is 0. The van der Waals surface area contributed by atoms with Gasteiger partial charge < -0.3 is 14.2 Å². The van der Waals surface area contributed by atoms with E-state index in [1.54, 1.807) is 0 Å². The molecule has 0 heterocycles. The minimum atomic E-state index is -0.762. The van der Waals surface area contributed by atoms with Gasteiger partial charge in [-0.15, -0.1) is 0 Å². The Morgan fingerprint density at radius 3 is 0.742 bits per heavy atom. The van der Waals surface area contributed by atoms with Crippen LogP contribution < -0.4 is 0 Å². The Labute approximate surface area is 412 Å². The lowest BCUT2D eigenvalue weighted by Gasteiger charge is -2.18. The van der Waals surface area contributed by atoms with Gasteiger partial charge in [-0.3, -0.25) is 14.4 Å². The Morgan fingerprint density at radius 1 is 0.288 bits per heavy atom. The van der Waals surface area contributed by atoms with E-state index in [0.29, 0.717) is 19.3 Å². The lowest BCUT2D eigenvalue weighted by atomic mass is 10.0. The van der Waals surface area contributed by atoms with Crippen LogP contribution in [0.15, 0.2) is 0 Å². The maximum absolute atomic E-state index is 12.8. The van der Waals surface area contributed by atoms with Crippen molar-refractivity contribution in [1.82, 2.24) is 0 Å². The minimum Gasteiger partial charge on any atom is -0.462 e. The highest BCUT2D eigenvalue weighted by Crippen LogP contribution is 2.18. The van der Waals surface area contributed by atoms with Crippen molar-refractivity contribution in [2.24, 2.45) is 11.8 Å². The predicted molar refractivity (Wildman–Crippen MR) is 284 cm³/mol. The molecule has 0 saturated carbocycles. The lowest BCUT2D eigenvalue weighted by molar-refractivity contribution is -0.167. The fourth-order valence-corrected chi connectivity index (χ4v) is 9.23. The third-order valence-corrected chi connectivity index (χ3v) is 13.7. The molecule has 1 atom stereocenters. The van der Waals surface area contributed by atoms with E-state index in [2.05, 4.69) is 34.6 Å². The molecule has 0 N–H and O–H groups in total. The first-order valence-corrected chi connectivity index (χ1v) is 29.7. The fraction of sp³-hybridized carbons (Fsp3) is 0.950. The van der Waals surface area contributed by atoms with Crippen molar-refractivity contribution in [3.63, 3.8) is 0 Å². The van der Waals surface area contributed by atoms with E-state index in [0.717, 1.165) is 69.6 Å². The first-order valence-electron chi connectivity index (χ1n) is 29.7. The summed E-state index contributed by atoms with van der Waals surface area (Å²) in [6.45, 7) is 11.4. The molecule has 392 valence electrons. The molecule has 0 rings (SSSR count). The molecule has 0 amide bonds. The number of carbonyl (C=O) groups is 3. The maximum atomic E-state index is 12.8. The molecule has 0 unspecified atom stereocenters. The van der Waals surface area contributed by atoms with Crippen LogP contribution in [0.4, 0.5) is 0 Å². The molecule has 0 aliphatic rings. The monoisotopic (exact) mass is 933 g/mol. The van der Waals surface area contributed by atoms with Gasteiger partial charge in [0.25, 0.3) is 0 Å². The van der Waals surface area contributed by atoms with Crippen molar-refractivity contribution < 1.29 is 28.6 Å². The predicted octanol–water partition coefficient (Wildman–Crippen LogP) is 19.7. The van der Waals surface area contributed by atoms with Crippen molar-refractivity contribution in [3.8, 4) is 0 Å². The summed E-state index contributed by atoms with van der Waals surface area (Å²) in [6, 6.07) is 0. The van der Waals surface area contributed by atoms with Crippen molar-refractivity contribution in [2.75, 3.05) is 13.2 Å². The zero-order valence-corrected chi connectivity index (χ0v) is 45.3. The third kappa shape index (κ3) is 53.4. The van der Waals surface area contributed by atoms with Crippen LogP contribution in [0.25, 0.3) is 0 Å². The molecular weight excluding hydrogens is 817 g/mol. The normalized spacial score (nSPS) is 12.0. The van der Waals surface area contributed by atoms with Crippen LogP contribution in [0.1, 0.15) is 336 Å². The zero-order chi connectivity index (χ0) is 48.2. The number of hydrogen-bond donors (Lipinski definition) is 0. The van der Waals surface area contributed by atoms with Gasteiger partial charge in [0.1, 0.15) is 13.2 Å². The SMILES string of the molecule is CCCCCCCCCCCCCC(=O)O[C@@H](COC(=O)CCCCCCCCCCCCCCCCCCCCC(C)C)COC(=O)CCCCCCCCCCCCCCCC(C)C. The summed E-state index contributed by atoms with van der Waals surface area (Å²) in [4.78, 5) is 38.1. The van der Waals surface area contributed by atoms with Gasteiger partial charge in [-0.2, -0.15) is 0 Å². The Hall–Kier alpha value is -1.59. The van der Waals surface area contributed by atoms with Crippen molar-refractivity contribution in [1.29, 1.82) is 0 Å². The Balaban J connectivity index is 4.21.